The van der Waals surface area contributed by atoms with Crippen molar-refractivity contribution in [2.75, 3.05) is 5.73 Å². The molecule has 0 saturated carbocycles. The summed E-state index contributed by atoms with van der Waals surface area (Å²) >= 11 is 0. The number of hydrogen-bond acceptors (Lipinski definition) is 4. The van der Waals surface area contributed by atoms with Crippen molar-refractivity contribution in [2.24, 2.45) is 0 Å². The van der Waals surface area contributed by atoms with Crippen molar-refractivity contribution in [3.63, 3.8) is 0 Å². The second-order valence-electron chi connectivity index (χ2n) is 3.90. The maximum atomic E-state index is 12.4. The monoisotopic (exact) mass is 301 g/mol. The van der Waals surface area contributed by atoms with Gasteiger partial charge in [0.15, 0.2) is 0 Å². The number of alkyl halides is 3. The largest absolute Gasteiger partial charge is 0.416 e. The molecule has 1 aromatic carbocycles. The first-order valence-corrected chi connectivity index (χ1v) is 6.75. The minimum atomic E-state index is -4.52. The zero-order valence-electron chi connectivity index (χ0n) is 9.85. The summed E-state index contributed by atoms with van der Waals surface area (Å²) in [6, 6.07) is 4.34. The van der Waals surface area contributed by atoms with E-state index < -0.39 is 21.6 Å². The van der Waals surface area contributed by atoms with E-state index in [9.17, 15) is 21.6 Å². The number of nitrogen functional groups attached to an aromatic ring is 1. The Kier molecular flexibility index (Phi) is 3.43. The molecule has 8 heteroatoms. The Morgan fingerprint density at radius 2 is 1.70 bits per heavy atom. The van der Waals surface area contributed by atoms with Gasteiger partial charge in [0.25, 0.3) is 0 Å². The molecule has 1 heterocycles. The summed E-state index contributed by atoms with van der Waals surface area (Å²) in [6.45, 7) is 0. The number of nitrogens with zero attached hydrogens (tertiary/aromatic N) is 1. The predicted octanol–water partition coefficient (Wildman–Crippen LogP) is 2.32. The Hall–Kier alpha value is -2.09. The first-order valence-electron chi connectivity index (χ1n) is 5.27. The van der Waals surface area contributed by atoms with Crippen LogP contribution in [0.1, 0.15) is 5.56 Å². The summed E-state index contributed by atoms with van der Waals surface area (Å²) in [5.41, 5.74) is 4.49. The van der Waals surface area contributed by atoms with E-state index in [0.29, 0.717) is 12.1 Å². The van der Waals surface area contributed by atoms with E-state index in [2.05, 4.69) is 11.2 Å². The molecule has 2 aromatic rings. The highest BCUT2D eigenvalue weighted by Crippen LogP contribution is 2.30. The molecular weight excluding hydrogens is 293 g/mol. The SMILES string of the molecule is Nc1[c]ncc(S(=O)(=O)c2ccc(C(F)(F)F)cc2)c1. The number of sulfone groups is 1. The van der Waals surface area contributed by atoms with Crippen LogP contribution in [0.15, 0.2) is 46.3 Å². The van der Waals surface area contributed by atoms with E-state index in [-0.39, 0.29) is 15.5 Å². The van der Waals surface area contributed by atoms with Crippen molar-refractivity contribution < 1.29 is 21.6 Å². The molecule has 0 fully saturated rings. The molecular formula is C12H8F3N2O2S. The second-order valence-corrected chi connectivity index (χ2v) is 5.85. The van der Waals surface area contributed by atoms with Crippen molar-refractivity contribution >= 4 is 15.5 Å². The van der Waals surface area contributed by atoms with Crippen LogP contribution < -0.4 is 5.73 Å². The number of anilines is 1. The van der Waals surface area contributed by atoms with Gasteiger partial charge in [-0.05, 0) is 30.3 Å². The van der Waals surface area contributed by atoms with Crippen molar-refractivity contribution in [1.82, 2.24) is 4.98 Å². The molecule has 0 aliphatic heterocycles. The lowest BCUT2D eigenvalue weighted by Crippen LogP contribution is -2.07. The van der Waals surface area contributed by atoms with Crippen molar-refractivity contribution in [3.8, 4) is 0 Å². The molecule has 0 aliphatic carbocycles. The third kappa shape index (κ3) is 2.74. The number of hydrogen-bond donors (Lipinski definition) is 1. The molecule has 4 nitrogen and oxygen atoms in total. The predicted molar refractivity (Wildman–Crippen MR) is 64.4 cm³/mol. The van der Waals surface area contributed by atoms with E-state index in [0.717, 1.165) is 24.4 Å². The fraction of sp³-hybridized carbons (Fsp3) is 0.0833. The van der Waals surface area contributed by atoms with Gasteiger partial charge in [0.1, 0.15) is 6.20 Å². The maximum Gasteiger partial charge on any atom is 0.416 e. The number of pyridine rings is 1. The third-order valence-electron chi connectivity index (χ3n) is 2.49. The van der Waals surface area contributed by atoms with Crippen molar-refractivity contribution in [3.05, 3.63) is 48.3 Å². The zero-order valence-corrected chi connectivity index (χ0v) is 10.7. The Morgan fingerprint density at radius 1 is 1.10 bits per heavy atom. The molecule has 0 atom stereocenters. The van der Waals surface area contributed by atoms with Crippen LogP contribution in [0.2, 0.25) is 0 Å². The topological polar surface area (TPSA) is 73.0 Å². The molecule has 0 aliphatic rings. The summed E-state index contributed by atoms with van der Waals surface area (Å²) in [7, 11) is -3.95. The van der Waals surface area contributed by atoms with Crippen molar-refractivity contribution in [2.45, 2.75) is 16.0 Å². The van der Waals surface area contributed by atoms with Crippen LogP contribution in [0.3, 0.4) is 0 Å². The summed E-state index contributed by atoms with van der Waals surface area (Å²) in [5.74, 6) is 0. The standard InChI is InChI=1S/C12H8F3N2O2S/c13-12(14,15)8-1-3-10(4-2-8)20(18,19)11-5-9(16)6-17-7-11/h1-5,7H,16H2. The van der Waals surface area contributed by atoms with Crippen LogP contribution in [-0.2, 0) is 16.0 Å². The van der Waals surface area contributed by atoms with Gasteiger partial charge in [0.05, 0.1) is 21.0 Å². The number of halogens is 3. The highest BCUT2D eigenvalue weighted by Gasteiger charge is 2.30. The molecule has 0 unspecified atom stereocenters. The van der Waals surface area contributed by atoms with E-state index in [4.69, 9.17) is 5.73 Å². The first kappa shape index (κ1) is 14.3. The minimum Gasteiger partial charge on any atom is -0.397 e. The second kappa shape index (κ2) is 4.78. The highest BCUT2D eigenvalue weighted by atomic mass is 32.2. The minimum absolute atomic E-state index is 0.0259. The maximum absolute atomic E-state index is 12.4. The number of benzene rings is 1. The molecule has 0 spiro atoms. The highest BCUT2D eigenvalue weighted by molar-refractivity contribution is 7.91. The lowest BCUT2D eigenvalue weighted by Gasteiger charge is -2.08. The lowest BCUT2D eigenvalue weighted by atomic mass is 10.2. The Bertz CT molecular complexity index is 725. The molecule has 0 bridgehead atoms. The smallest absolute Gasteiger partial charge is 0.397 e. The zero-order chi connectivity index (χ0) is 15.0. The van der Waals surface area contributed by atoms with E-state index in [1.807, 2.05) is 0 Å². The molecule has 2 rings (SSSR count). The fourth-order valence-electron chi connectivity index (χ4n) is 1.50. The van der Waals surface area contributed by atoms with Crippen LogP contribution in [0.4, 0.5) is 18.9 Å². The van der Waals surface area contributed by atoms with Crippen LogP contribution in [0, 0.1) is 6.20 Å². The molecule has 0 saturated heterocycles. The van der Waals surface area contributed by atoms with Crippen LogP contribution in [0.5, 0.6) is 0 Å². The van der Waals surface area contributed by atoms with Gasteiger partial charge in [0, 0.05) is 6.20 Å². The summed E-state index contributed by atoms with van der Waals surface area (Å²) < 4.78 is 61.5. The van der Waals surface area contributed by atoms with Crippen LogP contribution in [-0.4, -0.2) is 13.4 Å². The van der Waals surface area contributed by atoms with Crippen LogP contribution in [0.25, 0.3) is 0 Å². The number of aromatic nitrogens is 1. The first-order chi connectivity index (χ1) is 9.21. The number of nitrogens with two attached hydrogens (primary N) is 1. The Balaban J connectivity index is 2.45. The average Bonchev–Trinajstić information content (AvgIpc) is 2.38. The van der Waals surface area contributed by atoms with Gasteiger partial charge in [-0.25, -0.2) is 8.42 Å². The molecule has 20 heavy (non-hydrogen) atoms. The van der Waals surface area contributed by atoms with Gasteiger partial charge in [-0.1, -0.05) is 0 Å². The van der Waals surface area contributed by atoms with Gasteiger partial charge in [-0.15, -0.1) is 0 Å². The van der Waals surface area contributed by atoms with Gasteiger partial charge >= 0.3 is 6.18 Å². The summed E-state index contributed by atoms with van der Waals surface area (Å²) in [5, 5.41) is 0. The average molecular weight is 301 g/mol. The summed E-state index contributed by atoms with van der Waals surface area (Å²) in [6.07, 6.45) is -1.15. The molecule has 0 amide bonds. The fourth-order valence-corrected chi connectivity index (χ4v) is 2.74. The lowest BCUT2D eigenvalue weighted by molar-refractivity contribution is -0.137. The van der Waals surface area contributed by atoms with Crippen molar-refractivity contribution in [1.29, 1.82) is 0 Å². The number of rotatable bonds is 2. The van der Waals surface area contributed by atoms with E-state index in [1.54, 1.807) is 0 Å². The van der Waals surface area contributed by atoms with Crippen LogP contribution >= 0.6 is 0 Å². The summed E-state index contributed by atoms with van der Waals surface area (Å²) in [4.78, 5) is 3.06. The molecule has 105 valence electrons. The molecule has 1 radical (unpaired) electrons. The third-order valence-corrected chi connectivity index (χ3v) is 4.22. The van der Waals surface area contributed by atoms with Gasteiger partial charge in [0.2, 0.25) is 9.84 Å². The van der Waals surface area contributed by atoms with Gasteiger partial charge in [-0.3, -0.25) is 4.98 Å². The van der Waals surface area contributed by atoms with Gasteiger partial charge < -0.3 is 5.73 Å². The molecule has 1 aromatic heterocycles. The Morgan fingerprint density at radius 3 is 2.20 bits per heavy atom. The van der Waals surface area contributed by atoms with Gasteiger partial charge in [-0.2, -0.15) is 13.2 Å². The Labute approximate surface area is 113 Å². The van der Waals surface area contributed by atoms with E-state index >= 15 is 0 Å². The normalized spacial score (nSPS) is 12.3. The molecule has 2 N–H and O–H groups in total. The quantitative estimate of drug-likeness (QED) is 0.924. The van der Waals surface area contributed by atoms with E-state index in [1.165, 1.54) is 0 Å².